The second-order valence-corrected chi connectivity index (χ2v) is 8.98. The molecule has 2 amide bonds. The van der Waals surface area contributed by atoms with Crippen molar-refractivity contribution in [2.24, 2.45) is 5.92 Å². The Hall–Kier alpha value is -1.79. The third kappa shape index (κ3) is 4.06. The van der Waals surface area contributed by atoms with Crippen LogP contribution in [-0.4, -0.2) is 27.2 Å². The minimum absolute atomic E-state index is 0.140. The second kappa shape index (κ2) is 8.07. The molecule has 1 aromatic heterocycles. The van der Waals surface area contributed by atoms with E-state index in [0.29, 0.717) is 17.4 Å². The van der Waals surface area contributed by atoms with E-state index in [2.05, 4.69) is 15.9 Å². The molecule has 4 rings (SSSR count). The van der Waals surface area contributed by atoms with Gasteiger partial charge in [0.2, 0.25) is 0 Å². The molecule has 0 unspecified atom stereocenters. The van der Waals surface area contributed by atoms with Crippen molar-refractivity contribution in [2.75, 3.05) is 6.54 Å². The minimum Gasteiger partial charge on any atom is -0.317 e. The van der Waals surface area contributed by atoms with Gasteiger partial charge >= 0.3 is 0 Å². The first-order valence-electron chi connectivity index (χ1n) is 9.30. The molecule has 1 saturated heterocycles. The van der Waals surface area contributed by atoms with Crippen LogP contribution in [0.1, 0.15) is 37.8 Å². The summed E-state index contributed by atoms with van der Waals surface area (Å²) < 4.78 is 3.03. The number of carbonyl (C=O) groups excluding carboxylic acids is 2. The molecular weight excluding hydrogens is 424 g/mol. The molecule has 1 saturated carbocycles. The molecule has 2 heterocycles. The van der Waals surface area contributed by atoms with Gasteiger partial charge in [-0.1, -0.05) is 35.2 Å². The van der Waals surface area contributed by atoms with E-state index < -0.39 is 0 Å². The monoisotopic (exact) mass is 444 g/mol. The Morgan fingerprint density at radius 1 is 1.07 bits per heavy atom. The molecule has 2 fully saturated rings. The average Bonchev–Trinajstić information content (AvgIpc) is 3.24. The van der Waals surface area contributed by atoms with Gasteiger partial charge in [-0.2, -0.15) is 0 Å². The van der Waals surface area contributed by atoms with Gasteiger partial charge in [-0.3, -0.25) is 14.5 Å². The molecule has 1 aliphatic heterocycles. The molecule has 1 aliphatic carbocycles. The van der Waals surface area contributed by atoms with Crippen LogP contribution in [0.3, 0.4) is 0 Å². The Morgan fingerprint density at radius 2 is 1.81 bits per heavy atom. The molecule has 0 spiro atoms. The van der Waals surface area contributed by atoms with Crippen molar-refractivity contribution >= 4 is 44.9 Å². The molecular formula is C21H21BrN2O2S. The number of rotatable bonds is 4. The fourth-order valence-electron chi connectivity index (χ4n) is 3.77. The zero-order valence-corrected chi connectivity index (χ0v) is 17.3. The highest BCUT2D eigenvalue weighted by Crippen LogP contribution is 2.35. The Labute approximate surface area is 171 Å². The number of aromatic nitrogens is 1. The van der Waals surface area contributed by atoms with Crippen LogP contribution >= 0.6 is 27.7 Å². The smallest absolute Gasteiger partial charge is 0.293 e. The van der Waals surface area contributed by atoms with E-state index in [0.717, 1.165) is 40.5 Å². The molecule has 0 radical (unpaired) electrons. The highest BCUT2D eigenvalue weighted by molar-refractivity contribution is 9.10. The van der Waals surface area contributed by atoms with Crippen LogP contribution in [0.4, 0.5) is 4.79 Å². The number of imide groups is 1. The number of thioether (sulfide) groups is 1. The molecule has 6 heteroatoms. The summed E-state index contributed by atoms with van der Waals surface area (Å²) in [6.45, 7) is 0.565. The normalized spacial score (nSPS) is 20.0. The lowest BCUT2D eigenvalue weighted by Gasteiger charge is -2.25. The molecule has 0 N–H and O–H groups in total. The van der Waals surface area contributed by atoms with Crippen molar-refractivity contribution in [3.63, 3.8) is 0 Å². The van der Waals surface area contributed by atoms with E-state index in [4.69, 9.17) is 0 Å². The first-order chi connectivity index (χ1) is 13.1. The Morgan fingerprint density at radius 3 is 2.56 bits per heavy atom. The van der Waals surface area contributed by atoms with Crippen LogP contribution in [0.5, 0.6) is 0 Å². The lowest BCUT2D eigenvalue weighted by Crippen LogP contribution is -2.34. The van der Waals surface area contributed by atoms with E-state index in [-0.39, 0.29) is 11.1 Å². The van der Waals surface area contributed by atoms with Crippen molar-refractivity contribution in [1.29, 1.82) is 0 Å². The summed E-state index contributed by atoms with van der Waals surface area (Å²) in [7, 11) is 0. The maximum atomic E-state index is 12.8. The highest BCUT2D eigenvalue weighted by Gasteiger charge is 2.36. The van der Waals surface area contributed by atoms with Gasteiger partial charge in [0.25, 0.3) is 11.1 Å². The number of carbonyl (C=O) groups is 2. The lowest BCUT2D eigenvalue weighted by molar-refractivity contribution is -0.123. The number of nitrogens with zero attached hydrogens (tertiary/aromatic N) is 2. The maximum Gasteiger partial charge on any atom is 0.293 e. The van der Waals surface area contributed by atoms with Gasteiger partial charge in [0.15, 0.2) is 0 Å². The number of amides is 2. The molecule has 27 heavy (non-hydrogen) atoms. The summed E-state index contributed by atoms with van der Waals surface area (Å²) in [5.74, 6) is 0.303. The van der Waals surface area contributed by atoms with Crippen molar-refractivity contribution in [3.8, 4) is 5.69 Å². The third-order valence-corrected chi connectivity index (χ3v) is 6.64. The van der Waals surface area contributed by atoms with Crippen LogP contribution in [0.25, 0.3) is 11.8 Å². The molecule has 0 atom stereocenters. The molecule has 2 aromatic rings. The van der Waals surface area contributed by atoms with Crippen molar-refractivity contribution in [3.05, 3.63) is 57.7 Å². The van der Waals surface area contributed by atoms with E-state index in [1.165, 1.54) is 24.2 Å². The van der Waals surface area contributed by atoms with Gasteiger partial charge in [-0.15, -0.1) is 0 Å². The van der Waals surface area contributed by atoms with Gasteiger partial charge < -0.3 is 4.57 Å². The lowest BCUT2D eigenvalue weighted by atomic mass is 9.89. The number of halogens is 1. The summed E-state index contributed by atoms with van der Waals surface area (Å²) in [5, 5.41) is -0.140. The SMILES string of the molecule is O=C1S/C(=C/c2cccn2-c2ccc(Br)cc2)C(=O)N1CC1CCCCC1. The average molecular weight is 445 g/mol. The van der Waals surface area contributed by atoms with E-state index in [9.17, 15) is 9.59 Å². The van der Waals surface area contributed by atoms with Gasteiger partial charge in [0, 0.05) is 28.6 Å². The van der Waals surface area contributed by atoms with Crippen LogP contribution in [0, 0.1) is 5.92 Å². The Bertz CT molecular complexity index is 882. The van der Waals surface area contributed by atoms with Gasteiger partial charge in [-0.25, -0.2) is 0 Å². The minimum atomic E-state index is -0.154. The second-order valence-electron chi connectivity index (χ2n) is 7.08. The summed E-state index contributed by atoms with van der Waals surface area (Å²) in [6.07, 6.45) is 9.70. The first kappa shape index (κ1) is 18.6. The predicted molar refractivity (Wildman–Crippen MR) is 113 cm³/mol. The van der Waals surface area contributed by atoms with Gasteiger partial charge in [-0.05, 0) is 73.0 Å². The van der Waals surface area contributed by atoms with Gasteiger partial charge in [0.05, 0.1) is 4.91 Å². The molecule has 140 valence electrons. The van der Waals surface area contributed by atoms with Crippen LogP contribution < -0.4 is 0 Å². The summed E-state index contributed by atoms with van der Waals surface area (Å²) in [6, 6.07) is 11.9. The Kier molecular flexibility index (Phi) is 5.55. The van der Waals surface area contributed by atoms with E-state index in [1.807, 2.05) is 53.2 Å². The third-order valence-electron chi connectivity index (χ3n) is 5.20. The standard InChI is InChI=1S/C21H21BrN2O2S/c22-16-8-10-17(11-9-16)23-12-4-7-18(23)13-19-20(25)24(21(26)27-19)14-15-5-2-1-3-6-15/h4,7-13,15H,1-3,5-6,14H2/b19-13+. The number of hydrogen-bond acceptors (Lipinski definition) is 3. The molecule has 2 aliphatic rings. The van der Waals surface area contributed by atoms with Gasteiger partial charge in [0.1, 0.15) is 0 Å². The van der Waals surface area contributed by atoms with E-state index in [1.54, 1.807) is 0 Å². The van der Waals surface area contributed by atoms with Crippen molar-refractivity contribution in [2.45, 2.75) is 32.1 Å². The first-order valence-corrected chi connectivity index (χ1v) is 10.9. The van der Waals surface area contributed by atoms with Crippen LogP contribution in [-0.2, 0) is 4.79 Å². The quantitative estimate of drug-likeness (QED) is 0.554. The van der Waals surface area contributed by atoms with Crippen LogP contribution in [0.2, 0.25) is 0 Å². The molecule has 0 bridgehead atoms. The summed E-state index contributed by atoms with van der Waals surface area (Å²) in [5.41, 5.74) is 1.90. The largest absolute Gasteiger partial charge is 0.317 e. The zero-order valence-electron chi connectivity index (χ0n) is 14.9. The van der Waals surface area contributed by atoms with E-state index >= 15 is 0 Å². The number of benzene rings is 1. The summed E-state index contributed by atoms with van der Waals surface area (Å²) >= 11 is 4.50. The fourth-order valence-corrected chi connectivity index (χ4v) is 4.87. The van der Waals surface area contributed by atoms with Crippen molar-refractivity contribution in [1.82, 2.24) is 9.47 Å². The maximum absolute atomic E-state index is 12.8. The molecule has 1 aromatic carbocycles. The van der Waals surface area contributed by atoms with Crippen molar-refractivity contribution < 1.29 is 9.59 Å². The number of hydrogen-bond donors (Lipinski definition) is 0. The summed E-state index contributed by atoms with van der Waals surface area (Å²) in [4.78, 5) is 27.2. The highest BCUT2D eigenvalue weighted by atomic mass is 79.9. The fraction of sp³-hybridized carbons (Fsp3) is 0.333. The Balaban J connectivity index is 1.55. The zero-order chi connectivity index (χ0) is 18.8. The van der Waals surface area contributed by atoms with Crippen LogP contribution in [0.15, 0.2) is 52.0 Å². The topological polar surface area (TPSA) is 42.3 Å². The molecule has 4 nitrogen and oxygen atoms in total. The predicted octanol–water partition coefficient (Wildman–Crippen LogP) is 5.86.